The number of carbonyl (C=O) groups is 2. The Kier molecular flexibility index (Phi) is 7.50. The molecule has 7 heteroatoms. The number of aliphatic hydroxyl groups excluding tert-OH is 1. The van der Waals surface area contributed by atoms with Crippen molar-refractivity contribution >= 4 is 17.4 Å². The smallest absolute Gasteiger partial charge is 0.295 e. The standard InChI is InChI=1S/C29H29FN2O4/c1-19-6-4-5-7-22(19)18-36-24-14-10-21(11-15-24)27(33)25-26(20-8-12-23(30)13-9-20)32(17-16-31(2)3)29(35)28(25)34/h4-15,26,33H,16-18H2,1-3H3. The van der Waals surface area contributed by atoms with E-state index in [0.29, 0.717) is 30.0 Å². The quantitative estimate of drug-likeness (QED) is 0.283. The molecule has 1 aliphatic rings. The first kappa shape index (κ1) is 25.1. The van der Waals surface area contributed by atoms with Crippen molar-refractivity contribution in [3.05, 3.63) is 106 Å². The first-order valence-electron chi connectivity index (χ1n) is 11.7. The molecule has 3 aromatic carbocycles. The number of amides is 1. The minimum Gasteiger partial charge on any atom is -0.507 e. The molecule has 0 saturated carbocycles. The van der Waals surface area contributed by atoms with Gasteiger partial charge in [-0.2, -0.15) is 0 Å². The van der Waals surface area contributed by atoms with Crippen LogP contribution in [0.25, 0.3) is 5.76 Å². The first-order valence-corrected chi connectivity index (χ1v) is 11.7. The third kappa shape index (κ3) is 5.31. The molecule has 1 fully saturated rings. The third-order valence-electron chi connectivity index (χ3n) is 6.30. The van der Waals surface area contributed by atoms with Crippen molar-refractivity contribution in [2.75, 3.05) is 27.2 Å². The molecule has 1 heterocycles. The van der Waals surface area contributed by atoms with E-state index in [2.05, 4.69) is 0 Å². The number of likely N-dealkylation sites (tertiary alicyclic amines) is 1. The van der Waals surface area contributed by atoms with E-state index in [0.717, 1.165) is 11.1 Å². The molecule has 186 valence electrons. The van der Waals surface area contributed by atoms with Crippen LogP contribution in [0.5, 0.6) is 5.75 Å². The highest BCUT2D eigenvalue weighted by Gasteiger charge is 2.45. The van der Waals surface area contributed by atoms with Crippen LogP contribution in [-0.4, -0.2) is 53.8 Å². The summed E-state index contributed by atoms with van der Waals surface area (Å²) < 4.78 is 19.5. The van der Waals surface area contributed by atoms with Crippen molar-refractivity contribution in [1.82, 2.24) is 9.80 Å². The number of aliphatic hydroxyl groups is 1. The van der Waals surface area contributed by atoms with Gasteiger partial charge in [0.1, 0.15) is 23.9 Å². The van der Waals surface area contributed by atoms with Crippen LogP contribution in [0.4, 0.5) is 4.39 Å². The monoisotopic (exact) mass is 488 g/mol. The number of nitrogens with zero attached hydrogens (tertiary/aromatic N) is 2. The van der Waals surface area contributed by atoms with Gasteiger partial charge in [0.05, 0.1) is 11.6 Å². The van der Waals surface area contributed by atoms with E-state index in [4.69, 9.17) is 4.74 Å². The van der Waals surface area contributed by atoms with E-state index >= 15 is 0 Å². The molecule has 6 nitrogen and oxygen atoms in total. The number of carbonyl (C=O) groups excluding carboxylic acids is 2. The Morgan fingerprint density at radius 1 is 1.00 bits per heavy atom. The Balaban J connectivity index is 1.64. The van der Waals surface area contributed by atoms with Gasteiger partial charge < -0.3 is 19.6 Å². The zero-order valence-electron chi connectivity index (χ0n) is 20.6. The van der Waals surface area contributed by atoms with E-state index in [1.165, 1.54) is 29.2 Å². The minimum atomic E-state index is -0.817. The Morgan fingerprint density at radius 3 is 2.31 bits per heavy atom. The number of hydrogen-bond acceptors (Lipinski definition) is 5. The lowest BCUT2D eigenvalue weighted by Gasteiger charge is -2.26. The summed E-state index contributed by atoms with van der Waals surface area (Å²) in [6.45, 7) is 3.23. The number of hydrogen-bond donors (Lipinski definition) is 1. The number of likely N-dealkylation sites (N-methyl/N-ethyl adjacent to an activating group) is 1. The average molecular weight is 489 g/mol. The summed E-state index contributed by atoms with van der Waals surface area (Å²) in [5, 5.41) is 11.2. The van der Waals surface area contributed by atoms with Gasteiger partial charge in [-0.1, -0.05) is 36.4 Å². The maximum absolute atomic E-state index is 13.6. The second-order valence-corrected chi connectivity index (χ2v) is 9.09. The summed E-state index contributed by atoms with van der Waals surface area (Å²) in [5.74, 6) is -1.55. The Morgan fingerprint density at radius 2 is 1.67 bits per heavy atom. The molecular formula is C29H29FN2O4. The predicted octanol–water partition coefficient (Wildman–Crippen LogP) is 4.70. The van der Waals surface area contributed by atoms with Gasteiger partial charge in [-0.15, -0.1) is 0 Å². The summed E-state index contributed by atoms with van der Waals surface area (Å²) in [6.07, 6.45) is 0. The van der Waals surface area contributed by atoms with Gasteiger partial charge in [0.25, 0.3) is 11.7 Å². The number of benzene rings is 3. The topological polar surface area (TPSA) is 70.1 Å². The number of ether oxygens (including phenoxy) is 1. The van der Waals surface area contributed by atoms with Gasteiger partial charge in [-0.3, -0.25) is 9.59 Å². The normalized spacial score (nSPS) is 17.1. The second-order valence-electron chi connectivity index (χ2n) is 9.09. The molecule has 0 aliphatic carbocycles. The fraction of sp³-hybridized carbons (Fsp3) is 0.241. The van der Waals surface area contributed by atoms with Gasteiger partial charge in [0, 0.05) is 18.7 Å². The fourth-order valence-corrected chi connectivity index (χ4v) is 4.21. The largest absolute Gasteiger partial charge is 0.507 e. The van der Waals surface area contributed by atoms with Crippen molar-refractivity contribution in [3.63, 3.8) is 0 Å². The van der Waals surface area contributed by atoms with Crippen molar-refractivity contribution in [2.45, 2.75) is 19.6 Å². The molecule has 1 unspecified atom stereocenters. The lowest BCUT2D eigenvalue weighted by atomic mass is 9.95. The van der Waals surface area contributed by atoms with E-state index < -0.39 is 23.5 Å². The van der Waals surface area contributed by atoms with Gasteiger partial charge in [0.2, 0.25) is 0 Å². The van der Waals surface area contributed by atoms with Crippen LogP contribution in [0.15, 0.2) is 78.4 Å². The zero-order valence-corrected chi connectivity index (χ0v) is 20.6. The highest BCUT2D eigenvalue weighted by Crippen LogP contribution is 2.39. The second kappa shape index (κ2) is 10.7. The molecule has 0 radical (unpaired) electrons. The van der Waals surface area contributed by atoms with E-state index in [9.17, 15) is 19.1 Å². The number of Topliss-reactive ketones (excluding diaryl/α,β-unsaturated/α-hetero) is 1. The summed E-state index contributed by atoms with van der Waals surface area (Å²) in [5.41, 5.74) is 3.12. The highest BCUT2D eigenvalue weighted by molar-refractivity contribution is 6.46. The molecule has 0 bridgehead atoms. The van der Waals surface area contributed by atoms with Crippen LogP contribution in [-0.2, 0) is 16.2 Å². The molecule has 3 aromatic rings. The summed E-state index contributed by atoms with van der Waals surface area (Å²) in [6, 6.07) is 19.5. The molecule has 1 saturated heterocycles. The van der Waals surface area contributed by atoms with Crippen molar-refractivity contribution in [1.29, 1.82) is 0 Å². The third-order valence-corrected chi connectivity index (χ3v) is 6.30. The average Bonchev–Trinajstić information content (AvgIpc) is 3.12. The van der Waals surface area contributed by atoms with E-state index in [1.54, 1.807) is 24.3 Å². The highest BCUT2D eigenvalue weighted by atomic mass is 19.1. The first-order chi connectivity index (χ1) is 17.3. The predicted molar refractivity (Wildman–Crippen MR) is 136 cm³/mol. The molecule has 4 rings (SSSR count). The van der Waals surface area contributed by atoms with Crippen LogP contribution in [0.3, 0.4) is 0 Å². The summed E-state index contributed by atoms with van der Waals surface area (Å²) in [4.78, 5) is 29.3. The summed E-state index contributed by atoms with van der Waals surface area (Å²) >= 11 is 0. The van der Waals surface area contributed by atoms with Gasteiger partial charge >= 0.3 is 0 Å². The number of rotatable bonds is 8. The zero-order chi connectivity index (χ0) is 25.8. The van der Waals surface area contributed by atoms with Gasteiger partial charge in [-0.25, -0.2) is 4.39 Å². The van der Waals surface area contributed by atoms with E-state index in [1.807, 2.05) is 50.2 Å². The van der Waals surface area contributed by atoms with Crippen LogP contribution in [0.2, 0.25) is 0 Å². The fourth-order valence-electron chi connectivity index (χ4n) is 4.21. The molecule has 1 amide bonds. The molecule has 1 aliphatic heterocycles. The molecule has 0 aromatic heterocycles. The summed E-state index contributed by atoms with van der Waals surface area (Å²) in [7, 11) is 3.73. The van der Waals surface area contributed by atoms with Crippen LogP contribution >= 0.6 is 0 Å². The van der Waals surface area contributed by atoms with Gasteiger partial charge in [-0.05, 0) is 74.1 Å². The van der Waals surface area contributed by atoms with Crippen molar-refractivity contribution < 1.29 is 23.8 Å². The van der Waals surface area contributed by atoms with Crippen LogP contribution in [0.1, 0.15) is 28.3 Å². The van der Waals surface area contributed by atoms with Crippen LogP contribution in [0, 0.1) is 12.7 Å². The Hall–Kier alpha value is -3.97. The maximum atomic E-state index is 13.6. The molecule has 1 atom stereocenters. The lowest BCUT2D eigenvalue weighted by Crippen LogP contribution is -2.35. The SMILES string of the molecule is Cc1ccccc1COc1ccc(C(O)=C2C(=O)C(=O)N(CCN(C)C)C2c2ccc(F)cc2)cc1. The van der Waals surface area contributed by atoms with Crippen molar-refractivity contribution in [3.8, 4) is 5.75 Å². The van der Waals surface area contributed by atoms with Gasteiger partial charge in [0.15, 0.2) is 0 Å². The number of ketones is 1. The van der Waals surface area contributed by atoms with Crippen LogP contribution < -0.4 is 4.74 Å². The van der Waals surface area contributed by atoms with E-state index in [-0.39, 0.29) is 17.9 Å². The Bertz CT molecular complexity index is 1280. The molecule has 0 spiro atoms. The lowest BCUT2D eigenvalue weighted by molar-refractivity contribution is -0.140. The number of aryl methyl sites for hydroxylation is 1. The minimum absolute atomic E-state index is 0.0149. The molecular weight excluding hydrogens is 459 g/mol. The molecule has 36 heavy (non-hydrogen) atoms. The Labute approximate surface area is 210 Å². The molecule has 1 N–H and O–H groups in total. The van der Waals surface area contributed by atoms with Crippen molar-refractivity contribution in [2.24, 2.45) is 0 Å². The number of halogens is 1. The maximum Gasteiger partial charge on any atom is 0.295 e.